The Morgan fingerprint density at radius 3 is 2.68 bits per heavy atom. The first kappa shape index (κ1) is 15.7. The van der Waals surface area contributed by atoms with Crippen molar-refractivity contribution < 1.29 is 9.72 Å². The van der Waals surface area contributed by atoms with Crippen molar-refractivity contribution in [3.8, 4) is 0 Å². The van der Waals surface area contributed by atoms with Crippen molar-refractivity contribution in [2.45, 2.75) is 26.9 Å². The quantitative estimate of drug-likeness (QED) is 0.609. The van der Waals surface area contributed by atoms with Gasteiger partial charge in [0.1, 0.15) is 5.69 Å². The fraction of sp³-hybridized carbons (Fsp3) is 0.462. The van der Waals surface area contributed by atoms with Crippen molar-refractivity contribution in [1.29, 1.82) is 0 Å². The van der Waals surface area contributed by atoms with E-state index in [0.29, 0.717) is 0 Å². The lowest BCUT2D eigenvalue weighted by molar-refractivity contribution is -0.385. The van der Waals surface area contributed by atoms with Gasteiger partial charge in [0.2, 0.25) is 5.69 Å². The number of amides is 1. The topological polar surface area (TPSA) is 99.1 Å². The fourth-order valence-corrected chi connectivity index (χ4v) is 2.27. The second kappa shape index (κ2) is 5.96. The first-order valence-corrected chi connectivity index (χ1v) is 6.81. The van der Waals surface area contributed by atoms with Crippen LogP contribution < -0.4 is 0 Å². The second-order valence-corrected chi connectivity index (χ2v) is 4.99. The first-order valence-electron chi connectivity index (χ1n) is 6.81. The zero-order chi connectivity index (χ0) is 16.4. The van der Waals surface area contributed by atoms with Gasteiger partial charge in [-0.3, -0.25) is 24.3 Å². The van der Waals surface area contributed by atoms with Crippen molar-refractivity contribution in [1.82, 2.24) is 24.5 Å². The standard InChI is InChI=1S/C13H18N6O3/c1-5-18-7-6-10(15-18)8-16(3)13(20)12-11(19(21)22)9(2)14-17(12)4/h6-7H,5,8H2,1-4H3. The molecule has 0 aliphatic carbocycles. The molecule has 2 aromatic heterocycles. The first-order chi connectivity index (χ1) is 10.3. The van der Waals surface area contributed by atoms with E-state index >= 15 is 0 Å². The smallest absolute Gasteiger partial charge is 0.322 e. The van der Waals surface area contributed by atoms with Crippen LogP contribution in [0.5, 0.6) is 0 Å². The molecule has 2 rings (SSSR count). The Balaban J connectivity index is 2.26. The van der Waals surface area contributed by atoms with Gasteiger partial charge in [-0.05, 0) is 19.9 Å². The molecule has 2 heterocycles. The highest BCUT2D eigenvalue weighted by Gasteiger charge is 2.31. The van der Waals surface area contributed by atoms with Gasteiger partial charge in [-0.15, -0.1) is 0 Å². The van der Waals surface area contributed by atoms with E-state index in [1.165, 1.54) is 23.6 Å². The van der Waals surface area contributed by atoms with Crippen molar-refractivity contribution in [3.05, 3.63) is 39.5 Å². The van der Waals surface area contributed by atoms with Crippen LogP contribution in [0.2, 0.25) is 0 Å². The Hall–Kier alpha value is -2.71. The minimum atomic E-state index is -0.574. The highest BCUT2D eigenvalue weighted by molar-refractivity contribution is 5.96. The summed E-state index contributed by atoms with van der Waals surface area (Å²) >= 11 is 0. The molecule has 0 saturated heterocycles. The van der Waals surface area contributed by atoms with Gasteiger partial charge in [-0.25, -0.2) is 0 Å². The molecule has 0 unspecified atom stereocenters. The van der Waals surface area contributed by atoms with Gasteiger partial charge in [0.25, 0.3) is 5.91 Å². The van der Waals surface area contributed by atoms with Crippen LogP contribution in [-0.4, -0.2) is 42.3 Å². The van der Waals surface area contributed by atoms with Gasteiger partial charge < -0.3 is 4.90 Å². The molecule has 1 amide bonds. The number of aromatic nitrogens is 4. The summed E-state index contributed by atoms with van der Waals surface area (Å²) in [7, 11) is 3.10. The van der Waals surface area contributed by atoms with Gasteiger partial charge in [0.15, 0.2) is 0 Å². The average molecular weight is 306 g/mol. The molecule has 0 radical (unpaired) electrons. The van der Waals surface area contributed by atoms with Crippen molar-refractivity contribution in [2.75, 3.05) is 7.05 Å². The third kappa shape index (κ3) is 2.83. The van der Waals surface area contributed by atoms with E-state index < -0.39 is 10.8 Å². The van der Waals surface area contributed by atoms with Crippen molar-refractivity contribution in [2.24, 2.45) is 7.05 Å². The molecule has 0 N–H and O–H groups in total. The molecule has 2 aromatic rings. The van der Waals surface area contributed by atoms with Crippen molar-refractivity contribution >= 4 is 11.6 Å². The minimum Gasteiger partial charge on any atom is -0.334 e. The molecule has 22 heavy (non-hydrogen) atoms. The number of rotatable bonds is 5. The molecule has 0 fully saturated rings. The zero-order valence-electron chi connectivity index (χ0n) is 13.0. The van der Waals surface area contributed by atoms with Gasteiger partial charge in [0.05, 0.1) is 17.2 Å². The molecule has 9 nitrogen and oxygen atoms in total. The van der Waals surface area contributed by atoms with Gasteiger partial charge in [0, 0.05) is 26.8 Å². The monoisotopic (exact) mass is 306 g/mol. The third-order valence-electron chi connectivity index (χ3n) is 3.34. The highest BCUT2D eigenvalue weighted by atomic mass is 16.6. The van der Waals surface area contributed by atoms with Crippen LogP contribution in [-0.2, 0) is 20.1 Å². The summed E-state index contributed by atoms with van der Waals surface area (Å²) in [6, 6.07) is 1.82. The largest absolute Gasteiger partial charge is 0.334 e. The van der Waals surface area contributed by atoms with E-state index in [0.717, 1.165) is 12.2 Å². The maximum absolute atomic E-state index is 12.5. The van der Waals surface area contributed by atoms with E-state index in [2.05, 4.69) is 10.2 Å². The predicted octanol–water partition coefficient (Wildman–Crippen LogP) is 1.13. The molecule has 0 aliphatic rings. The summed E-state index contributed by atoms with van der Waals surface area (Å²) in [6.45, 7) is 4.49. The average Bonchev–Trinajstić information content (AvgIpc) is 3.01. The number of nitro groups is 1. The molecular weight excluding hydrogens is 288 g/mol. The maximum Gasteiger partial charge on any atom is 0.322 e. The van der Waals surface area contributed by atoms with E-state index in [1.54, 1.807) is 11.7 Å². The molecule has 0 bridgehead atoms. The summed E-state index contributed by atoms with van der Waals surface area (Å²) in [5, 5.41) is 19.4. The lowest BCUT2D eigenvalue weighted by atomic mass is 10.2. The molecule has 118 valence electrons. The third-order valence-corrected chi connectivity index (χ3v) is 3.34. The summed E-state index contributed by atoms with van der Waals surface area (Å²) in [6.07, 6.45) is 1.82. The number of aryl methyl sites for hydroxylation is 3. The van der Waals surface area contributed by atoms with E-state index in [-0.39, 0.29) is 23.6 Å². The Labute approximate surface area is 127 Å². The Bertz CT molecular complexity index is 717. The Kier molecular flexibility index (Phi) is 4.25. The van der Waals surface area contributed by atoms with Gasteiger partial charge in [-0.1, -0.05) is 0 Å². The molecule has 9 heteroatoms. The van der Waals surface area contributed by atoms with Crippen molar-refractivity contribution in [3.63, 3.8) is 0 Å². The van der Waals surface area contributed by atoms with E-state index in [1.807, 2.05) is 19.2 Å². The lowest BCUT2D eigenvalue weighted by Gasteiger charge is -2.15. The van der Waals surface area contributed by atoms with Crippen LogP contribution in [0.25, 0.3) is 0 Å². The summed E-state index contributed by atoms with van der Waals surface area (Å²) in [4.78, 5) is 24.5. The number of hydrogen-bond donors (Lipinski definition) is 0. The second-order valence-electron chi connectivity index (χ2n) is 4.99. The van der Waals surface area contributed by atoms with E-state index in [9.17, 15) is 14.9 Å². The normalized spacial score (nSPS) is 10.7. The van der Waals surface area contributed by atoms with Crippen LogP contribution in [0.1, 0.15) is 28.8 Å². The number of carbonyl (C=O) groups is 1. The lowest BCUT2D eigenvalue weighted by Crippen LogP contribution is -2.29. The van der Waals surface area contributed by atoms with Crippen LogP contribution in [0.3, 0.4) is 0 Å². The van der Waals surface area contributed by atoms with E-state index in [4.69, 9.17) is 0 Å². The minimum absolute atomic E-state index is 0.0278. The summed E-state index contributed by atoms with van der Waals surface area (Å²) < 4.78 is 3.00. The van der Waals surface area contributed by atoms with Gasteiger partial charge in [-0.2, -0.15) is 10.2 Å². The Morgan fingerprint density at radius 2 is 2.14 bits per heavy atom. The molecule has 0 spiro atoms. The van der Waals surface area contributed by atoms with Crippen LogP contribution in [0.15, 0.2) is 12.3 Å². The molecular formula is C13H18N6O3. The summed E-state index contributed by atoms with van der Waals surface area (Å²) in [5.41, 5.74) is 0.664. The Morgan fingerprint density at radius 1 is 1.45 bits per heavy atom. The summed E-state index contributed by atoms with van der Waals surface area (Å²) in [5.74, 6) is -0.458. The number of nitrogens with zero attached hydrogens (tertiary/aromatic N) is 6. The molecule has 0 saturated carbocycles. The molecule has 0 aromatic carbocycles. The predicted molar refractivity (Wildman–Crippen MR) is 78.3 cm³/mol. The van der Waals surface area contributed by atoms with Gasteiger partial charge >= 0.3 is 5.69 Å². The maximum atomic E-state index is 12.5. The van der Waals surface area contributed by atoms with Crippen LogP contribution in [0, 0.1) is 17.0 Å². The molecule has 0 atom stereocenters. The van der Waals surface area contributed by atoms with Crippen LogP contribution in [0.4, 0.5) is 5.69 Å². The number of carbonyl (C=O) groups excluding carboxylic acids is 1. The highest BCUT2D eigenvalue weighted by Crippen LogP contribution is 2.23. The fourth-order valence-electron chi connectivity index (χ4n) is 2.27. The SMILES string of the molecule is CCn1ccc(CN(C)C(=O)c2c([N+](=O)[O-])c(C)nn2C)n1. The zero-order valence-corrected chi connectivity index (χ0v) is 13.0. The number of hydrogen-bond acceptors (Lipinski definition) is 5. The molecule has 0 aliphatic heterocycles. The van der Waals surface area contributed by atoms with Crippen LogP contribution >= 0.6 is 0 Å².